The topological polar surface area (TPSA) is 62.7 Å². The molecule has 0 aliphatic heterocycles. The molecule has 0 amide bonds. The van der Waals surface area contributed by atoms with Crippen molar-refractivity contribution in [1.29, 1.82) is 0 Å². The molecule has 0 spiro atoms. The smallest absolute Gasteiger partial charge is 0.406 e. The van der Waals surface area contributed by atoms with Crippen LogP contribution in [0.25, 0.3) is 0 Å². The van der Waals surface area contributed by atoms with Gasteiger partial charge in [0.1, 0.15) is 11.4 Å². The van der Waals surface area contributed by atoms with Crippen LogP contribution in [-0.2, 0) is 11.3 Å². The summed E-state index contributed by atoms with van der Waals surface area (Å²) in [5, 5.41) is 9.06. The fourth-order valence-electron chi connectivity index (χ4n) is 1.53. The largest absolute Gasteiger partial charge is 0.477 e. The fraction of sp³-hybridized carbons (Fsp3) is 0.636. The minimum atomic E-state index is -4.39. The number of carbonyl (C=O) groups is 1. The maximum absolute atomic E-state index is 12.6. The lowest BCUT2D eigenvalue weighted by molar-refractivity contribution is -0.120. The van der Waals surface area contributed by atoms with Crippen LogP contribution in [0, 0.1) is 0 Å². The van der Waals surface area contributed by atoms with Crippen LogP contribution in [0.2, 0.25) is 0 Å². The minimum absolute atomic E-state index is 0.0294. The van der Waals surface area contributed by atoms with Gasteiger partial charge in [0.2, 0.25) is 0 Å². The predicted octanol–water partition coefficient (Wildman–Crippen LogP) is 2.76. The molecule has 1 aromatic heterocycles. The van der Waals surface area contributed by atoms with Crippen LogP contribution in [0.15, 0.2) is 0 Å². The number of methoxy groups -OCH3 is 1. The van der Waals surface area contributed by atoms with E-state index in [-0.39, 0.29) is 22.3 Å². The van der Waals surface area contributed by atoms with Gasteiger partial charge in [0.15, 0.2) is 5.13 Å². The van der Waals surface area contributed by atoms with E-state index in [0.717, 1.165) is 16.2 Å². The van der Waals surface area contributed by atoms with Gasteiger partial charge in [0, 0.05) is 13.2 Å². The molecule has 0 saturated carbocycles. The number of anilines is 1. The summed E-state index contributed by atoms with van der Waals surface area (Å²) in [5.74, 6) is -1.23. The van der Waals surface area contributed by atoms with E-state index in [0.29, 0.717) is 0 Å². The van der Waals surface area contributed by atoms with Gasteiger partial charge in [-0.25, -0.2) is 9.78 Å². The summed E-state index contributed by atoms with van der Waals surface area (Å²) >= 11 is 0.720. The number of aromatic nitrogens is 1. The molecule has 1 aromatic rings. The Labute approximate surface area is 118 Å². The van der Waals surface area contributed by atoms with Crippen LogP contribution in [0.4, 0.5) is 18.3 Å². The summed E-state index contributed by atoms with van der Waals surface area (Å²) < 4.78 is 42.5. The summed E-state index contributed by atoms with van der Waals surface area (Å²) in [5.41, 5.74) is 0.132. The van der Waals surface area contributed by atoms with Gasteiger partial charge < -0.3 is 14.7 Å². The third-order valence-electron chi connectivity index (χ3n) is 2.38. The SMILES string of the molecule is COCc1nc(N(CC(F)(F)F)C(C)C)sc1C(=O)O. The number of thiazole rings is 1. The number of carboxylic acid groups (broad SMARTS) is 1. The van der Waals surface area contributed by atoms with E-state index >= 15 is 0 Å². The molecule has 1 heterocycles. The highest BCUT2D eigenvalue weighted by Gasteiger charge is 2.34. The van der Waals surface area contributed by atoms with Crippen molar-refractivity contribution in [3.8, 4) is 0 Å². The lowest BCUT2D eigenvalue weighted by atomic mass is 10.3. The number of halogens is 3. The molecule has 20 heavy (non-hydrogen) atoms. The fourth-order valence-corrected chi connectivity index (χ4v) is 2.57. The number of carboxylic acids is 1. The Bertz CT molecular complexity index is 474. The zero-order chi connectivity index (χ0) is 15.5. The molecule has 0 saturated heterocycles. The van der Waals surface area contributed by atoms with Gasteiger partial charge in [-0.2, -0.15) is 13.2 Å². The molecule has 0 fully saturated rings. The highest BCUT2D eigenvalue weighted by molar-refractivity contribution is 7.17. The van der Waals surface area contributed by atoms with Gasteiger partial charge in [-0.1, -0.05) is 11.3 Å². The van der Waals surface area contributed by atoms with Crippen molar-refractivity contribution < 1.29 is 27.8 Å². The van der Waals surface area contributed by atoms with E-state index < -0.39 is 24.7 Å². The second-order valence-electron chi connectivity index (χ2n) is 4.35. The molecule has 0 aliphatic carbocycles. The normalized spacial score (nSPS) is 11.9. The Morgan fingerprint density at radius 3 is 2.50 bits per heavy atom. The first-order valence-electron chi connectivity index (χ1n) is 5.71. The highest BCUT2D eigenvalue weighted by atomic mass is 32.1. The van der Waals surface area contributed by atoms with Crippen molar-refractivity contribution >= 4 is 22.4 Å². The average molecular weight is 312 g/mol. The van der Waals surface area contributed by atoms with Gasteiger partial charge in [0.25, 0.3) is 0 Å². The molecule has 5 nitrogen and oxygen atoms in total. The number of alkyl halides is 3. The Balaban J connectivity index is 3.14. The van der Waals surface area contributed by atoms with Crippen molar-refractivity contribution in [2.75, 3.05) is 18.6 Å². The number of nitrogens with zero attached hydrogens (tertiary/aromatic N) is 2. The van der Waals surface area contributed by atoms with Gasteiger partial charge in [-0.05, 0) is 13.8 Å². The molecule has 0 unspecified atom stereocenters. The van der Waals surface area contributed by atoms with E-state index in [1.807, 2.05) is 0 Å². The number of rotatable bonds is 6. The Kier molecular flexibility index (Phi) is 5.35. The Morgan fingerprint density at radius 2 is 2.10 bits per heavy atom. The van der Waals surface area contributed by atoms with Crippen LogP contribution >= 0.6 is 11.3 Å². The maximum atomic E-state index is 12.6. The number of hydrogen-bond donors (Lipinski definition) is 1. The van der Waals surface area contributed by atoms with Crippen LogP contribution in [0.1, 0.15) is 29.2 Å². The predicted molar refractivity (Wildman–Crippen MR) is 68.3 cm³/mol. The van der Waals surface area contributed by atoms with Gasteiger partial charge in [0.05, 0.1) is 12.3 Å². The molecule has 1 N–H and O–H groups in total. The van der Waals surface area contributed by atoms with Crippen LogP contribution in [0.3, 0.4) is 0 Å². The molecule has 0 aromatic carbocycles. The van der Waals surface area contributed by atoms with Crippen molar-refractivity contribution in [3.05, 3.63) is 10.6 Å². The Morgan fingerprint density at radius 1 is 1.50 bits per heavy atom. The van der Waals surface area contributed by atoms with E-state index in [4.69, 9.17) is 9.84 Å². The first kappa shape index (κ1) is 16.7. The third kappa shape index (κ3) is 4.34. The first-order chi connectivity index (χ1) is 9.15. The summed E-state index contributed by atoms with van der Waals surface area (Å²) in [6, 6.07) is -0.459. The lowest BCUT2D eigenvalue weighted by Crippen LogP contribution is -2.39. The highest BCUT2D eigenvalue weighted by Crippen LogP contribution is 2.30. The molecular formula is C11H15F3N2O3S. The molecule has 114 valence electrons. The van der Waals surface area contributed by atoms with Crippen molar-refractivity contribution in [3.63, 3.8) is 0 Å². The lowest BCUT2D eigenvalue weighted by Gasteiger charge is -2.26. The van der Waals surface area contributed by atoms with Crippen molar-refractivity contribution in [2.45, 2.75) is 32.7 Å². The summed E-state index contributed by atoms with van der Waals surface area (Å²) in [4.78, 5) is 15.9. The molecule has 0 atom stereocenters. The quantitative estimate of drug-likeness (QED) is 0.875. The minimum Gasteiger partial charge on any atom is -0.477 e. The molecule has 1 rings (SSSR count). The summed E-state index contributed by atoms with van der Waals surface area (Å²) in [6.45, 7) is 1.94. The van der Waals surface area contributed by atoms with Crippen LogP contribution in [0.5, 0.6) is 0 Å². The van der Waals surface area contributed by atoms with Crippen LogP contribution < -0.4 is 4.90 Å². The van der Waals surface area contributed by atoms with Gasteiger partial charge in [-0.15, -0.1) is 0 Å². The number of hydrogen-bond acceptors (Lipinski definition) is 5. The van der Waals surface area contributed by atoms with Crippen molar-refractivity contribution in [2.24, 2.45) is 0 Å². The van der Waals surface area contributed by atoms with E-state index in [1.54, 1.807) is 13.8 Å². The second-order valence-corrected chi connectivity index (χ2v) is 5.32. The third-order valence-corrected chi connectivity index (χ3v) is 3.50. The van der Waals surface area contributed by atoms with Gasteiger partial charge >= 0.3 is 12.1 Å². The first-order valence-corrected chi connectivity index (χ1v) is 6.52. The molecule has 0 bridgehead atoms. The van der Waals surface area contributed by atoms with Crippen molar-refractivity contribution in [1.82, 2.24) is 4.98 Å². The van der Waals surface area contributed by atoms with E-state index in [9.17, 15) is 18.0 Å². The number of aromatic carboxylic acids is 1. The second kappa shape index (κ2) is 6.40. The van der Waals surface area contributed by atoms with E-state index in [1.165, 1.54) is 7.11 Å². The Hall–Kier alpha value is -1.35. The molecule has 0 radical (unpaired) electrons. The zero-order valence-electron chi connectivity index (χ0n) is 11.2. The molecular weight excluding hydrogens is 297 g/mol. The van der Waals surface area contributed by atoms with Gasteiger partial charge in [-0.3, -0.25) is 0 Å². The summed E-state index contributed by atoms with van der Waals surface area (Å²) in [6.07, 6.45) is -4.39. The monoisotopic (exact) mass is 312 g/mol. The molecule has 0 aliphatic rings. The standard InChI is InChI=1S/C11H15F3N2O3S/c1-6(2)16(5-11(12,13)14)10-15-7(4-19-3)8(20-10)9(17)18/h6H,4-5H2,1-3H3,(H,17,18). The van der Waals surface area contributed by atoms with E-state index in [2.05, 4.69) is 4.98 Å². The summed E-state index contributed by atoms with van der Waals surface area (Å²) in [7, 11) is 1.36. The van der Waals surface area contributed by atoms with Crippen LogP contribution in [-0.4, -0.2) is 41.9 Å². The zero-order valence-corrected chi connectivity index (χ0v) is 12.0. The molecule has 9 heteroatoms. The number of ether oxygens (including phenoxy) is 1. The maximum Gasteiger partial charge on any atom is 0.406 e. The average Bonchev–Trinajstić information content (AvgIpc) is 2.69.